The van der Waals surface area contributed by atoms with Gasteiger partial charge in [0.1, 0.15) is 0 Å². The summed E-state index contributed by atoms with van der Waals surface area (Å²) in [6.07, 6.45) is 7.04. The molecule has 0 radical (unpaired) electrons. The first-order valence-corrected chi connectivity index (χ1v) is 8.35. The molecule has 2 atom stereocenters. The minimum absolute atomic E-state index is 0.858. The van der Waals surface area contributed by atoms with Crippen molar-refractivity contribution in [1.82, 2.24) is 9.80 Å². The van der Waals surface area contributed by atoms with Crippen molar-refractivity contribution < 1.29 is 0 Å². The quantitative estimate of drug-likeness (QED) is 0.766. The molecule has 17 heavy (non-hydrogen) atoms. The van der Waals surface area contributed by atoms with Gasteiger partial charge >= 0.3 is 0 Å². The highest BCUT2D eigenvalue weighted by atomic mass is 32.2. The fraction of sp³-hybridized carbons (Fsp3) is 1.00. The maximum Gasteiger partial charge on any atom is 0.0104 e. The van der Waals surface area contributed by atoms with Crippen molar-refractivity contribution in [1.29, 1.82) is 0 Å². The molecule has 100 valence electrons. The lowest BCUT2D eigenvalue weighted by atomic mass is 10.00. The molecule has 0 N–H and O–H groups in total. The van der Waals surface area contributed by atoms with Crippen LogP contribution in [0.4, 0.5) is 0 Å². The second-order valence-corrected chi connectivity index (χ2v) is 7.28. The van der Waals surface area contributed by atoms with Gasteiger partial charge in [0.25, 0.3) is 0 Å². The molecule has 2 heterocycles. The van der Waals surface area contributed by atoms with E-state index in [1.54, 1.807) is 0 Å². The highest BCUT2D eigenvalue weighted by Gasteiger charge is 2.20. The van der Waals surface area contributed by atoms with Crippen LogP contribution in [0.2, 0.25) is 0 Å². The first kappa shape index (κ1) is 13.7. The maximum absolute atomic E-state index is 2.69. The van der Waals surface area contributed by atoms with Crippen LogP contribution in [-0.2, 0) is 0 Å². The first-order valence-electron chi connectivity index (χ1n) is 7.30. The van der Waals surface area contributed by atoms with Gasteiger partial charge in [-0.1, -0.05) is 13.3 Å². The molecule has 0 aromatic carbocycles. The number of piperidine rings is 1. The Kier molecular flexibility index (Phi) is 5.64. The molecule has 0 aliphatic carbocycles. The van der Waals surface area contributed by atoms with Crippen LogP contribution in [0.3, 0.4) is 0 Å². The summed E-state index contributed by atoms with van der Waals surface area (Å²) in [7, 11) is 2.31. The Hall–Kier alpha value is 0.270. The van der Waals surface area contributed by atoms with Gasteiger partial charge in [0.05, 0.1) is 0 Å². The molecule has 0 aromatic heterocycles. The van der Waals surface area contributed by atoms with E-state index in [0.717, 1.165) is 11.3 Å². The molecule has 0 unspecified atom stereocenters. The van der Waals surface area contributed by atoms with Gasteiger partial charge in [0.15, 0.2) is 0 Å². The van der Waals surface area contributed by atoms with Crippen molar-refractivity contribution in [2.24, 2.45) is 0 Å². The van der Waals surface area contributed by atoms with E-state index in [9.17, 15) is 0 Å². The summed E-state index contributed by atoms with van der Waals surface area (Å²) in [5.41, 5.74) is 0. The van der Waals surface area contributed by atoms with E-state index in [2.05, 4.69) is 35.5 Å². The topological polar surface area (TPSA) is 6.48 Å². The Morgan fingerprint density at radius 2 is 2.00 bits per heavy atom. The van der Waals surface area contributed by atoms with Gasteiger partial charge in [-0.3, -0.25) is 0 Å². The van der Waals surface area contributed by atoms with E-state index in [1.165, 1.54) is 64.0 Å². The second-order valence-electron chi connectivity index (χ2n) is 5.73. The van der Waals surface area contributed by atoms with Crippen LogP contribution in [0.5, 0.6) is 0 Å². The molecule has 0 saturated carbocycles. The zero-order valence-electron chi connectivity index (χ0n) is 11.5. The Balaban J connectivity index is 1.69. The highest BCUT2D eigenvalue weighted by molar-refractivity contribution is 7.99. The summed E-state index contributed by atoms with van der Waals surface area (Å²) >= 11 is 2.15. The monoisotopic (exact) mass is 256 g/mol. The minimum Gasteiger partial charge on any atom is -0.303 e. The number of rotatable bonds is 3. The molecule has 0 bridgehead atoms. The molecule has 2 nitrogen and oxygen atoms in total. The molecule has 3 heteroatoms. The van der Waals surface area contributed by atoms with E-state index in [-0.39, 0.29) is 0 Å². The molecule has 0 spiro atoms. The molecular weight excluding hydrogens is 228 g/mol. The standard InChI is InChI=1S/C14H28N2S/c1-13-6-9-16(11-12-17-13)10-7-14-5-3-4-8-15(14)2/h13-14H,3-12H2,1-2H3/t13-,14+/m0/s1. The van der Waals surface area contributed by atoms with Crippen molar-refractivity contribution >= 4 is 11.8 Å². The Labute approximate surface area is 111 Å². The van der Waals surface area contributed by atoms with Crippen LogP contribution in [0.1, 0.15) is 39.0 Å². The van der Waals surface area contributed by atoms with Crippen LogP contribution in [0.15, 0.2) is 0 Å². The molecule has 2 aliphatic rings. The summed E-state index contributed by atoms with van der Waals surface area (Å²) in [5, 5.41) is 0.873. The predicted octanol–water partition coefficient (Wildman–Crippen LogP) is 2.69. The fourth-order valence-corrected chi connectivity index (χ4v) is 4.04. The molecule has 2 aliphatic heterocycles. The van der Waals surface area contributed by atoms with Crippen LogP contribution >= 0.6 is 11.8 Å². The zero-order chi connectivity index (χ0) is 12.1. The summed E-state index contributed by atoms with van der Waals surface area (Å²) < 4.78 is 0. The van der Waals surface area contributed by atoms with Crippen LogP contribution in [-0.4, -0.2) is 60.1 Å². The SMILES string of the molecule is C[C@H]1CCN(CC[C@H]2CCCCN2C)CCS1. The third-order valence-corrected chi connectivity index (χ3v) is 5.58. The summed E-state index contributed by atoms with van der Waals surface area (Å²) in [5.74, 6) is 1.33. The Morgan fingerprint density at radius 3 is 2.82 bits per heavy atom. The smallest absolute Gasteiger partial charge is 0.0104 e. The lowest BCUT2D eigenvalue weighted by Crippen LogP contribution is -2.39. The molecular formula is C14H28N2S. The Morgan fingerprint density at radius 1 is 1.12 bits per heavy atom. The summed E-state index contributed by atoms with van der Waals surface area (Å²) in [4.78, 5) is 5.28. The average Bonchev–Trinajstić information content (AvgIpc) is 2.53. The largest absolute Gasteiger partial charge is 0.303 e. The predicted molar refractivity (Wildman–Crippen MR) is 77.9 cm³/mol. The van der Waals surface area contributed by atoms with E-state index < -0.39 is 0 Å². The highest BCUT2D eigenvalue weighted by Crippen LogP contribution is 2.21. The Bertz CT molecular complexity index is 222. The number of hydrogen-bond acceptors (Lipinski definition) is 3. The number of hydrogen-bond donors (Lipinski definition) is 0. The van der Waals surface area contributed by atoms with Gasteiger partial charge in [-0.05, 0) is 52.4 Å². The van der Waals surface area contributed by atoms with Gasteiger partial charge in [-0.25, -0.2) is 0 Å². The maximum atomic E-state index is 2.69. The normalized spacial score (nSPS) is 33.5. The van der Waals surface area contributed by atoms with Gasteiger partial charge in [0, 0.05) is 23.6 Å². The lowest BCUT2D eigenvalue weighted by Gasteiger charge is -2.34. The van der Waals surface area contributed by atoms with Crippen molar-refractivity contribution in [2.45, 2.75) is 50.3 Å². The van der Waals surface area contributed by atoms with Gasteiger partial charge in [-0.2, -0.15) is 11.8 Å². The zero-order valence-corrected chi connectivity index (χ0v) is 12.3. The van der Waals surface area contributed by atoms with E-state index >= 15 is 0 Å². The lowest BCUT2D eigenvalue weighted by molar-refractivity contribution is 0.156. The van der Waals surface area contributed by atoms with Gasteiger partial charge in [-0.15, -0.1) is 0 Å². The van der Waals surface area contributed by atoms with E-state index in [4.69, 9.17) is 0 Å². The average molecular weight is 256 g/mol. The number of thioether (sulfide) groups is 1. The van der Waals surface area contributed by atoms with Crippen LogP contribution in [0.25, 0.3) is 0 Å². The molecule has 2 rings (SSSR count). The molecule has 2 saturated heterocycles. The van der Waals surface area contributed by atoms with Crippen molar-refractivity contribution in [3.05, 3.63) is 0 Å². The van der Waals surface area contributed by atoms with E-state index in [1.807, 2.05) is 0 Å². The molecule has 0 aromatic rings. The van der Waals surface area contributed by atoms with Crippen molar-refractivity contribution in [3.63, 3.8) is 0 Å². The summed E-state index contributed by atoms with van der Waals surface area (Å²) in [6, 6.07) is 0.858. The molecule has 2 fully saturated rings. The molecule has 0 amide bonds. The van der Waals surface area contributed by atoms with Crippen molar-refractivity contribution in [3.8, 4) is 0 Å². The van der Waals surface area contributed by atoms with Gasteiger partial charge in [0.2, 0.25) is 0 Å². The van der Waals surface area contributed by atoms with Gasteiger partial charge < -0.3 is 9.80 Å². The van der Waals surface area contributed by atoms with Crippen LogP contribution in [0, 0.1) is 0 Å². The third kappa shape index (κ3) is 4.46. The van der Waals surface area contributed by atoms with E-state index in [0.29, 0.717) is 0 Å². The first-order chi connectivity index (χ1) is 8.25. The number of likely N-dealkylation sites (tertiary alicyclic amines) is 1. The van der Waals surface area contributed by atoms with Crippen molar-refractivity contribution in [2.75, 3.05) is 39.0 Å². The second kappa shape index (κ2) is 7.01. The minimum atomic E-state index is 0.858. The third-order valence-electron chi connectivity index (χ3n) is 4.36. The van der Waals surface area contributed by atoms with Crippen LogP contribution < -0.4 is 0 Å². The fourth-order valence-electron chi connectivity index (χ4n) is 3.01. The number of nitrogens with zero attached hydrogens (tertiary/aromatic N) is 2. The summed E-state index contributed by atoms with van der Waals surface area (Å²) in [6.45, 7) is 7.65.